The maximum Gasteiger partial charge on any atom is 0.139 e. The number of hydrogen-bond acceptors (Lipinski definition) is 2. The van der Waals surface area contributed by atoms with Gasteiger partial charge in [-0.25, -0.2) is 4.98 Å². The van der Waals surface area contributed by atoms with Gasteiger partial charge in [0.1, 0.15) is 5.82 Å². The number of aryl methyl sites for hydroxylation is 1. The van der Waals surface area contributed by atoms with Crippen molar-refractivity contribution in [1.82, 2.24) is 14.9 Å². The van der Waals surface area contributed by atoms with E-state index in [0.29, 0.717) is 0 Å². The van der Waals surface area contributed by atoms with Crippen LogP contribution in [0, 0.1) is 0 Å². The van der Waals surface area contributed by atoms with Gasteiger partial charge < -0.3 is 9.88 Å². The maximum atomic E-state index is 4.41. The van der Waals surface area contributed by atoms with Crippen LogP contribution in [0.5, 0.6) is 0 Å². The first-order valence-electron chi connectivity index (χ1n) is 5.63. The van der Waals surface area contributed by atoms with Crippen LogP contribution >= 0.6 is 24.8 Å². The monoisotopic (exact) mass is 287 g/mol. The van der Waals surface area contributed by atoms with Gasteiger partial charge in [0.15, 0.2) is 0 Å². The average Bonchev–Trinajstić information content (AvgIpc) is 2.79. The van der Waals surface area contributed by atoms with Gasteiger partial charge in [0, 0.05) is 24.5 Å². The number of aromatic nitrogens is 2. The van der Waals surface area contributed by atoms with Gasteiger partial charge in [0.05, 0.1) is 0 Å². The van der Waals surface area contributed by atoms with E-state index in [1.807, 2.05) is 37.6 Å². The number of hydrogen-bond donors (Lipinski definition) is 1. The Morgan fingerprint density at radius 1 is 1.17 bits per heavy atom. The molecule has 1 heterocycles. The normalized spacial score (nSPS) is 9.39. The summed E-state index contributed by atoms with van der Waals surface area (Å²) in [5.41, 5.74) is 1.18. The van der Waals surface area contributed by atoms with Gasteiger partial charge in [-0.2, -0.15) is 0 Å². The summed E-state index contributed by atoms with van der Waals surface area (Å²) in [5, 5.41) is 3.16. The highest BCUT2D eigenvalue weighted by Gasteiger charge is 2.03. The molecule has 1 aromatic carbocycles. The molecule has 0 saturated carbocycles. The molecule has 5 heteroatoms. The van der Waals surface area contributed by atoms with Crippen LogP contribution in [0.1, 0.15) is 6.42 Å². The van der Waals surface area contributed by atoms with Crippen LogP contribution in [0.2, 0.25) is 0 Å². The zero-order chi connectivity index (χ0) is 11.2. The van der Waals surface area contributed by atoms with Crippen molar-refractivity contribution < 1.29 is 0 Å². The Hall–Kier alpha value is -1.03. The van der Waals surface area contributed by atoms with E-state index in [2.05, 4.69) is 27.0 Å². The lowest BCUT2D eigenvalue weighted by atomic mass is 10.2. The second-order valence-corrected chi connectivity index (χ2v) is 3.77. The number of benzene rings is 1. The van der Waals surface area contributed by atoms with Crippen molar-refractivity contribution in [3.63, 3.8) is 0 Å². The first-order valence-corrected chi connectivity index (χ1v) is 5.63. The Morgan fingerprint density at radius 3 is 2.56 bits per heavy atom. The summed E-state index contributed by atoms with van der Waals surface area (Å²) in [7, 11) is 1.98. The SMILES string of the molecule is CNCCCn1ccnc1-c1ccccc1.Cl.Cl. The van der Waals surface area contributed by atoms with Crippen LogP contribution in [-0.2, 0) is 6.54 Å². The molecule has 0 bridgehead atoms. The molecule has 1 N–H and O–H groups in total. The summed E-state index contributed by atoms with van der Waals surface area (Å²) < 4.78 is 2.20. The second kappa shape index (κ2) is 8.97. The highest BCUT2D eigenvalue weighted by Crippen LogP contribution is 2.16. The molecule has 1 aromatic heterocycles. The van der Waals surface area contributed by atoms with Crippen LogP contribution < -0.4 is 5.32 Å². The molecule has 2 aromatic rings. The molecule has 3 nitrogen and oxygen atoms in total. The molecule has 0 saturated heterocycles. The van der Waals surface area contributed by atoms with Gasteiger partial charge >= 0.3 is 0 Å². The Bertz CT molecular complexity index is 429. The standard InChI is InChI=1S/C13H17N3.2ClH/c1-14-8-5-10-16-11-9-15-13(16)12-6-3-2-4-7-12;;/h2-4,6-7,9,11,14H,5,8,10H2,1H3;2*1H. The lowest BCUT2D eigenvalue weighted by Gasteiger charge is -2.07. The van der Waals surface area contributed by atoms with E-state index >= 15 is 0 Å². The Kier molecular flexibility index (Phi) is 8.46. The van der Waals surface area contributed by atoms with Gasteiger partial charge in [-0.05, 0) is 20.0 Å². The third-order valence-corrected chi connectivity index (χ3v) is 2.57. The lowest BCUT2D eigenvalue weighted by Crippen LogP contribution is -2.11. The van der Waals surface area contributed by atoms with Crippen LogP contribution in [0.25, 0.3) is 11.4 Å². The zero-order valence-electron chi connectivity index (χ0n) is 10.4. The van der Waals surface area contributed by atoms with Crippen LogP contribution in [0.4, 0.5) is 0 Å². The summed E-state index contributed by atoms with van der Waals surface area (Å²) in [6.07, 6.45) is 5.02. The maximum absolute atomic E-state index is 4.41. The van der Waals surface area contributed by atoms with E-state index in [0.717, 1.165) is 25.3 Å². The van der Waals surface area contributed by atoms with Gasteiger partial charge in [-0.1, -0.05) is 30.3 Å². The molecule has 2 rings (SSSR count). The summed E-state index contributed by atoms with van der Waals surface area (Å²) in [6, 6.07) is 10.3. The fraction of sp³-hybridized carbons (Fsp3) is 0.308. The molecule has 0 fully saturated rings. The minimum absolute atomic E-state index is 0. The van der Waals surface area contributed by atoms with E-state index in [4.69, 9.17) is 0 Å². The lowest BCUT2D eigenvalue weighted by molar-refractivity contribution is 0.617. The van der Waals surface area contributed by atoms with Gasteiger partial charge in [0.25, 0.3) is 0 Å². The third-order valence-electron chi connectivity index (χ3n) is 2.57. The number of halogens is 2. The average molecular weight is 288 g/mol. The van der Waals surface area contributed by atoms with E-state index in [1.54, 1.807) is 0 Å². The van der Waals surface area contributed by atoms with Crippen molar-refractivity contribution in [1.29, 1.82) is 0 Å². The first kappa shape index (κ1) is 17.0. The quantitative estimate of drug-likeness (QED) is 0.857. The Morgan fingerprint density at radius 2 is 1.89 bits per heavy atom. The van der Waals surface area contributed by atoms with Gasteiger partial charge in [-0.3, -0.25) is 0 Å². The van der Waals surface area contributed by atoms with E-state index in [1.165, 1.54) is 5.56 Å². The smallest absolute Gasteiger partial charge is 0.139 e. The largest absolute Gasteiger partial charge is 0.331 e. The van der Waals surface area contributed by atoms with Crippen molar-refractivity contribution in [3.8, 4) is 11.4 Å². The minimum Gasteiger partial charge on any atom is -0.331 e. The van der Waals surface area contributed by atoms with Crippen molar-refractivity contribution in [3.05, 3.63) is 42.7 Å². The van der Waals surface area contributed by atoms with Crippen molar-refractivity contribution in [2.24, 2.45) is 0 Å². The molecular formula is C13H19Cl2N3. The van der Waals surface area contributed by atoms with E-state index < -0.39 is 0 Å². The predicted octanol–water partition coefficient (Wildman–Crippen LogP) is 3.00. The molecule has 100 valence electrons. The first-order chi connectivity index (χ1) is 7.92. The van der Waals surface area contributed by atoms with E-state index in [9.17, 15) is 0 Å². The van der Waals surface area contributed by atoms with E-state index in [-0.39, 0.29) is 24.8 Å². The fourth-order valence-corrected chi connectivity index (χ4v) is 1.76. The molecule has 0 aliphatic heterocycles. The summed E-state index contributed by atoms with van der Waals surface area (Å²) in [6.45, 7) is 2.04. The molecule has 0 amide bonds. The predicted molar refractivity (Wildman–Crippen MR) is 80.7 cm³/mol. The number of nitrogens with zero attached hydrogens (tertiary/aromatic N) is 2. The van der Waals surface area contributed by atoms with Crippen molar-refractivity contribution in [2.75, 3.05) is 13.6 Å². The minimum atomic E-state index is 0. The Labute approximate surface area is 120 Å². The van der Waals surface area contributed by atoms with Crippen molar-refractivity contribution in [2.45, 2.75) is 13.0 Å². The van der Waals surface area contributed by atoms with Crippen LogP contribution in [-0.4, -0.2) is 23.1 Å². The molecular weight excluding hydrogens is 269 g/mol. The summed E-state index contributed by atoms with van der Waals surface area (Å²) >= 11 is 0. The fourth-order valence-electron chi connectivity index (χ4n) is 1.76. The molecule has 0 aliphatic rings. The van der Waals surface area contributed by atoms with Crippen LogP contribution in [0.15, 0.2) is 42.7 Å². The molecule has 0 unspecified atom stereocenters. The number of rotatable bonds is 5. The van der Waals surface area contributed by atoms with Gasteiger partial charge in [-0.15, -0.1) is 24.8 Å². The summed E-state index contributed by atoms with van der Waals surface area (Å²) in [5.74, 6) is 1.05. The topological polar surface area (TPSA) is 29.9 Å². The molecule has 0 radical (unpaired) electrons. The van der Waals surface area contributed by atoms with Crippen LogP contribution in [0.3, 0.4) is 0 Å². The second-order valence-electron chi connectivity index (χ2n) is 3.77. The molecule has 18 heavy (non-hydrogen) atoms. The molecule has 0 aliphatic carbocycles. The molecule has 0 atom stereocenters. The highest BCUT2D eigenvalue weighted by molar-refractivity contribution is 5.85. The third kappa shape index (κ3) is 4.33. The van der Waals surface area contributed by atoms with Gasteiger partial charge in [0.2, 0.25) is 0 Å². The molecule has 0 spiro atoms. The number of imidazole rings is 1. The number of nitrogens with one attached hydrogen (secondary N) is 1. The summed E-state index contributed by atoms with van der Waals surface area (Å²) in [4.78, 5) is 4.41. The highest BCUT2D eigenvalue weighted by atomic mass is 35.5. The Balaban J connectivity index is 0.00000144. The van der Waals surface area contributed by atoms with Crippen molar-refractivity contribution >= 4 is 24.8 Å². The zero-order valence-corrected chi connectivity index (χ0v) is 12.0.